The number of aromatic nitrogens is 1. The van der Waals surface area contributed by atoms with E-state index >= 15 is 0 Å². The molecule has 0 aliphatic carbocycles. The Bertz CT molecular complexity index is 606. The smallest absolute Gasteiger partial charge is 0.270 e. The van der Waals surface area contributed by atoms with Crippen LogP contribution in [0.2, 0.25) is 0 Å². The zero-order valence-electron chi connectivity index (χ0n) is 12.1. The van der Waals surface area contributed by atoms with E-state index in [0.29, 0.717) is 24.5 Å². The molecule has 1 heterocycles. The normalized spacial score (nSPS) is 12.6. The van der Waals surface area contributed by atoms with Gasteiger partial charge in [-0.05, 0) is 26.0 Å². The van der Waals surface area contributed by atoms with Crippen molar-refractivity contribution in [1.82, 2.24) is 9.88 Å². The molecule has 0 saturated carbocycles. The molecule has 1 unspecified atom stereocenters. The van der Waals surface area contributed by atoms with Gasteiger partial charge in [0.25, 0.3) is 5.91 Å². The molecule has 0 radical (unpaired) electrons. The standard InChI is InChI=1S/C15H21N3O2/c1-4-18(10(2)9-20-3)15(19)13-8-11-6-5-7-12(16)14(11)17-13/h5-8,10,17H,4,9,16H2,1-3H3. The number of aromatic amines is 1. The van der Waals surface area contributed by atoms with Crippen LogP contribution in [0.5, 0.6) is 0 Å². The van der Waals surface area contributed by atoms with Crippen LogP contribution in [0.15, 0.2) is 24.3 Å². The maximum absolute atomic E-state index is 12.6. The summed E-state index contributed by atoms with van der Waals surface area (Å²) in [6.07, 6.45) is 0. The molecule has 0 saturated heterocycles. The molecule has 20 heavy (non-hydrogen) atoms. The molecule has 1 amide bonds. The molecule has 5 nitrogen and oxygen atoms in total. The number of likely N-dealkylation sites (N-methyl/N-ethyl adjacent to an activating group) is 1. The SMILES string of the molecule is CCN(C(=O)c1cc2cccc(N)c2[nH]1)C(C)COC. The summed E-state index contributed by atoms with van der Waals surface area (Å²) in [4.78, 5) is 17.5. The van der Waals surface area contributed by atoms with E-state index in [0.717, 1.165) is 10.9 Å². The third-order valence-corrected chi connectivity index (χ3v) is 3.46. The van der Waals surface area contributed by atoms with E-state index in [1.165, 1.54) is 0 Å². The van der Waals surface area contributed by atoms with E-state index in [1.807, 2.05) is 38.1 Å². The van der Waals surface area contributed by atoms with Gasteiger partial charge in [0.2, 0.25) is 0 Å². The minimum absolute atomic E-state index is 0.0289. The first kappa shape index (κ1) is 14.4. The first-order chi connectivity index (χ1) is 9.58. The zero-order chi connectivity index (χ0) is 14.7. The van der Waals surface area contributed by atoms with Crippen LogP contribution in [-0.2, 0) is 4.74 Å². The van der Waals surface area contributed by atoms with Gasteiger partial charge in [0.15, 0.2) is 0 Å². The van der Waals surface area contributed by atoms with Gasteiger partial charge in [0.05, 0.1) is 23.9 Å². The summed E-state index contributed by atoms with van der Waals surface area (Å²) in [6.45, 7) is 5.08. The predicted molar refractivity (Wildman–Crippen MR) is 80.8 cm³/mol. The van der Waals surface area contributed by atoms with Gasteiger partial charge < -0.3 is 20.4 Å². The molecule has 1 aromatic carbocycles. The Labute approximate surface area is 118 Å². The fourth-order valence-electron chi connectivity index (χ4n) is 2.44. The van der Waals surface area contributed by atoms with Crippen LogP contribution in [0, 0.1) is 0 Å². The van der Waals surface area contributed by atoms with Crippen molar-refractivity contribution in [2.24, 2.45) is 0 Å². The largest absolute Gasteiger partial charge is 0.397 e. The number of benzene rings is 1. The number of para-hydroxylation sites is 1. The van der Waals surface area contributed by atoms with Crippen molar-refractivity contribution >= 4 is 22.5 Å². The van der Waals surface area contributed by atoms with Gasteiger partial charge in [-0.3, -0.25) is 4.79 Å². The van der Waals surface area contributed by atoms with Crippen LogP contribution in [0.4, 0.5) is 5.69 Å². The molecule has 0 fully saturated rings. The highest BCUT2D eigenvalue weighted by atomic mass is 16.5. The number of fused-ring (bicyclic) bond motifs is 1. The number of carbonyl (C=O) groups is 1. The van der Waals surface area contributed by atoms with Crippen molar-refractivity contribution in [2.75, 3.05) is 26.0 Å². The molecule has 108 valence electrons. The number of H-pyrrole nitrogens is 1. The van der Waals surface area contributed by atoms with Gasteiger partial charge in [0, 0.05) is 19.0 Å². The Morgan fingerprint density at radius 1 is 1.50 bits per heavy atom. The molecule has 5 heteroatoms. The average molecular weight is 275 g/mol. The van der Waals surface area contributed by atoms with Crippen LogP contribution in [0.3, 0.4) is 0 Å². The molecule has 0 aliphatic heterocycles. The number of nitrogens with two attached hydrogens (primary N) is 1. The average Bonchev–Trinajstić information content (AvgIpc) is 2.85. The molecule has 0 spiro atoms. The predicted octanol–water partition coefficient (Wildman–Crippen LogP) is 2.25. The molecule has 0 aliphatic rings. The Balaban J connectivity index is 2.32. The van der Waals surface area contributed by atoms with Gasteiger partial charge in [0.1, 0.15) is 5.69 Å². The quantitative estimate of drug-likeness (QED) is 0.822. The number of amides is 1. The first-order valence-electron chi connectivity index (χ1n) is 6.75. The van der Waals surface area contributed by atoms with E-state index in [-0.39, 0.29) is 11.9 Å². The second kappa shape index (κ2) is 5.96. The molecule has 2 aromatic rings. The summed E-state index contributed by atoms with van der Waals surface area (Å²) in [7, 11) is 1.64. The van der Waals surface area contributed by atoms with Crippen molar-refractivity contribution in [3.63, 3.8) is 0 Å². The number of hydrogen-bond acceptors (Lipinski definition) is 3. The Hall–Kier alpha value is -2.01. The summed E-state index contributed by atoms with van der Waals surface area (Å²) in [5.41, 5.74) is 7.93. The summed E-state index contributed by atoms with van der Waals surface area (Å²) in [5.74, 6) is -0.0346. The van der Waals surface area contributed by atoms with Crippen molar-refractivity contribution in [1.29, 1.82) is 0 Å². The molecule has 2 rings (SSSR count). The van der Waals surface area contributed by atoms with E-state index in [1.54, 1.807) is 12.0 Å². The summed E-state index contributed by atoms with van der Waals surface area (Å²) in [6, 6.07) is 7.51. The summed E-state index contributed by atoms with van der Waals surface area (Å²) < 4.78 is 5.13. The van der Waals surface area contributed by atoms with Gasteiger partial charge in [-0.1, -0.05) is 12.1 Å². The number of methoxy groups -OCH3 is 1. The zero-order valence-corrected chi connectivity index (χ0v) is 12.1. The number of hydrogen-bond donors (Lipinski definition) is 2. The third-order valence-electron chi connectivity index (χ3n) is 3.46. The van der Waals surface area contributed by atoms with Crippen LogP contribution >= 0.6 is 0 Å². The summed E-state index contributed by atoms with van der Waals surface area (Å²) in [5, 5.41) is 0.948. The topological polar surface area (TPSA) is 71.3 Å². The highest BCUT2D eigenvalue weighted by Gasteiger charge is 2.21. The molecular weight excluding hydrogens is 254 g/mol. The van der Waals surface area contributed by atoms with Crippen LogP contribution in [0.25, 0.3) is 10.9 Å². The van der Waals surface area contributed by atoms with E-state index < -0.39 is 0 Å². The lowest BCUT2D eigenvalue weighted by Crippen LogP contribution is -2.41. The van der Waals surface area contributed by atoms with Crippen molar-refractivity contribution in [2.45, 2.75) is 19.9 Å². The summed E-state index contributed by atoms with van der Waals surface area (Å²) >= 11 is 0. The second-order valence-corrected chi connectivity index (χ2v) is 4.89. The van der Waals surface area contributed by atoms with Gasteiger partial charge >= 0.3 is 0 Å². The minimum atomic E-state index is -0.0346. The van der Waals surface area contributed by atoms with Crippen LogP contribution in [0.1, 0.15) is 24.3 Å². The van der Waals surface area contributed by atoms with Crippen molar-refractivity contribution < 1.29 is 9.53 Å². The van der Waals surface area contributed by atoms with Crippen LogP contribution < -0.4 is 5.73 Å². The Morgan fingerprint density at radius 2 is 2.25 bits per heavy atom. The number of rotatable bonds is 5. The number of nitrogen functional groups attached to an aromatic ring is 1. The molecule has 0 bridgehead atoms. The number of carbonyl (C=O) groups excluding carboxylic acids is 1. The number of anilines is 1. The molecule has 1 atom stereocenters. The Kier molecular flexibility index (Phi) is 4.29. The van der Waals surface area contributed by atoms with Gasteiger partial charge in [-0.25, -0.2) is 0 Å². The highest BCUT2D eigenvalue weighted by Crippen LogP contribution is 2.22. The van der Waals surface area contributed by atoms with Crippen molar-refractivity contribution in [3.05, 3.63) is 30.0 Å². The molecular formula is C15H21N3O2. The maximum Gasteiger partial charge on any atom is 0.270 e. The fourth-order valence-corrected chi connectivity index (χ4v) is 2.44. The lowest BCUT2D eigenvalue weighted by molar-refractivity contribution is 0.0574. The fraction of sp³-hybridized carbons (Fsp3) is 0.400. The second-order valence-electron chi connectivity index (χ2n) is 4.89. The number of ether oxygens (including phenoxy) is 1. The third kappa shape index (κ3) is 2.63. The Morgan fingerprint density at radius 3 is 2.85 bits per heavy atom. The maximum atomic E-state index is 12.6. The van der Waals surface area contributed by atoms with E-state index in [9.17, 15) is 4.79 Å². The van der Waals surface area contributed by atoms with Gasteiger partial charge in [-0.2, -0.15) is 0 Å². The van der Waals surface area contributed by atoms with Gasteiger partial charge in [-0.15, -0.1) is 0 Å². The number of nitrogens with zero attached hydrogens (tertiary/aromatic N) is 1. The first-order valence-corrected chi connectivity index (χ1v) is 6.75. The van der Waals surface area contributed by atoms with E-state index in [4.69, 9.17) is 10.5 Å². The monoisotopic (exact) mass is 275 g/mol. The minimum Gasteiger partial charge on any atom is -0.397 e. The van der Waals surface area contributed by atoms with E-state index in [2.05, 4.69) is 4.98 Å². The molecule has 1 aromatic heterocycles. The van der Waals surface area contributed by atoms with Crippen LogP contribution in [-0.4, -0.2) is 42.1 Å². The molecule has 3 N–H and O–H groups in total. The number of nitrogens with one attached hydrogen (secondary N) is 1. The highest BCUT2D eigenvalue weighted by molar-refractivity contribution is 6.00. The lowest BCUT2D eigenvalue weighted by atomic mass is 10.2. The van der Waals surface area contributed by atoms with Crippen molar-refractivity contribution in [3.8, 4) is 0 Å². The lowest BCUT2D eigenvalue weighted by Gasteiger charge is -2.27.